The van der Waals surface area contributed by atoms with E-state index in [4.69, 9.17) is 21.3 Å². The Morgan fingerprint density at radius 3 is 2.53 bits per heavy atom. The van der Waals surface area contributed by atoms with Crippen LogP contribution in [0.3, 0.4) is 0 Å². The molecule has 1 amide bonds. The highest BCUT2D eigenvalue weighted by Gasteiger charge is 2.35. The molecule has 0 unspecified atom stereocenters. The van der Waals surface area contributed by atoms with Crippen LogP contribution >= 0.6 is 11.6 Å². The van der Waals surface area contributed by atoms with Gasteiger partial charge < -0.3 is 14.2 Å². The lowest BCUT2D eigenvalue weighted by molar-refractivity contribution is -0.117. The standard InChI is InChI=1S/C28H28ClN3O2/c1-19-9-7-10-20(2)27(19)34-16-8-15-31-25-14-6-4-12-23(25)30-28(31)21-17-26(33)32(18-21)24-13-5-3-11-22(24)29/h3-7,9-14,21H,8,15-18H2,1-2H3/t21-/m1/s1. The fourth-order valence-electron chi connectivity index (χ4n) is 4.85. The molecule has 0 aliphatic carbocycles. The maximum absolute atomic E-state index is 12.9. The minimum atomic E-state index is 0.00991. The van der Waals surface area contributed by atoms with Crippen molar-refractivity contribution in [2.45, 2.75) is 39.2 Å². The van der Waals surface area contributed by atoms with Crippen molar-refractivity contribution in [1.82, 2.24) is 9.55 Å². The smallest absolute Gasteiger partial charge is 0.227 e. The van der Waals surface area contributed by atoms with Crippen LogP contribution in [-0.4, -0.2) is 28.6 Å². The van der Waals surface area contributed by atoms with E-state index in [-0.39, 0.29) is 11.8 Å². The molecule has 2 heterocycles. The number of benzene rings is 3. The Hall–Kier alpha value is -3.31. The summed E-state index contributed by atoms with van der Waals surface area (Å²) in [6.45, 7) is 6.12. The Kier molecular flexibility index (Phi) is 6.29. The van der Waals surface area contributed by atoms with Crippen LogP contribution in [0.5, 0.6) is 5.75 Å². The van der Waals surface area contributed by atoms with E-state index >= 15 is 0 Å². The summed E-state index contributed by atoms with van der Waals surface area (Å²) in [6.07, 6.45) is 1.27. The first-order valence-electron chi connectivity index (χ1n) is 11.7. The highest BCUT2D eigenvalue weighted by molar-refractivity contribution is 6.33. The first-order valence-corrected chi connectivity index (χ1v) is 12.1. The number of aryl methyl sites for hydroxylation is 3. The number of nitrogens with zero attached hydrogens (tertiary/aromatic N) is 3. The summed E-state index contributed by atoms with van der Waals surface area (Å²) >= 11 is 6.39. The van der Waals surface area contributed by atoms with Gasteiger partial charge in [-0.25, -0.2) is 4.98 Å². The second-order valence-electron chi connectivity index (χ2n) is 8.89. The molecule has 5 rings (SSSR count). The van der Waals surface area contributed by atoms with Gasteiger partial charge in [0.25, 0.3) is 0 Å². The van der Waals surface area contributed by atoms with Gasteiger partial charge in [-0.3, -0.25) is 4.79 Å². The molecule has 6 heteroatoms. The van der Waals surface area contributed by atoms with Crippen LogP contribution in [0.2, 0.25) is 5.02 Å². The molecule has 0 bridgehead atoms. The van der Waals surface area contributed by atoms with Gasteiger partial charge in [-0.1, -0.05) is 54.1 Å². The summed E-state index contributed by atoms with van der Waals surface area (Å²) in [5.41, 5.74) is 5.11. The number of hydrogen-bond donors (Lipinski definition) is 0. The number of halogens is 1. The van der Waals surface area contributed by atoms with Gasteiger partial charge in [0, 0.05) is 25.4 Å². The molecule has 1 aliphatic heterocycles. The number of rotatable bonds is 7. The topological polar surface area (TPSA) is 47.4 Å². The summed E-state index contributed by atoms with van der Waals surface area (Å²) in [7, 11) is 0. The van der Waals surface area contributed by atoms with Crippen molar-refractivity contribution in [2.24, 2.45) is 0 Å². The van der Waals surface area contributed by atoms with Crippen LogP contribution in [0.25, 0.3) is 11.0 Å². The van der Waals surface area contributed by atoms with Crippen LogP contribution in [0.1, 0.15) is 35.7 Å². The largest absolute Gasteiger partial charge is 0.493 e. The van der Waals surface area contributed by atoms with Gasteiger partial charge in [0.2, 0.25) is 5.91 Å². The van der Waals surface area contributed by atoms with Gasteiger partial charge in [-0.2, -0.15) is 0 Å². The number of imidazole rings is 1. The second-order valence-corrected chi connectivity index (χ2v) is 9.30. The number of amides is 1. The van der Waals surface area contributed by atoms with Crippen LogP contribution in [0.4, 0.5) is 5.69 Å². The molecule has 4 aromatic rings. The molecule has 1 saturated heterocycles. The molecule has 34 heavy (non-hydrogen) atoms. The maximum atomic E-state index is 12.9. The third-order valence-electron chi connectivity index (χ3n) is 6.50. The lowest BCUT2D eigenvalue weighted by Crippen LogP contribution is -2.24. The van der Waals surface area contributed by atoms with Gasteiger partial charge in [0.15, 0.2) is 0 Å². The molecular formula is C28H28ClN3O2. The quantitative estimate of drug-likeness (QED) is 0.296. The number of hydrogen-bond acceptors (Lipinski definition) is 3. The molecule has 0 saturated carbocycles. The van der Waals surface area contributed by atoms with Crippen molar-refractivity contribution in [2.75, 3.05) is 18.1 Å². The lowest BCUT2D eigenvalue weighted by Gasteiger charge is -2.18. The number of aromatic nitrogens is 2. The van der Waals surface area contributed by atoms with E-state index in [1.54, 1.807) is 4.90 Å². The highest BCUT2D eigenvalue weighted by atomic mass is 35.5. The summed E-state index contributed by atoms with van der Waals surface area (Å²) in [6, 6.07) is 21.9. The van der Waals surface area contributed by atoms with Crippen molar-refractivity contribution in [3.63, 3.8) is 0 Å². The first kappa shape index (κ1) is 22.5. The average molecular weight is 474 g/mol. The van der Waals surface area contributed by atoms with E-state index in [2.05, 4.69) is 42.7 Å². The molecule has 1 aromatic heterocycles. The molecule has 1 aliphatic rings. The van der Waals surface area contributed by atoms with Gasteiger partial charge in [-0.05, 0) is 55.7 Å². The van der Waals surface area contributed by atoms with Crippen LogP contribution < -0.4 is 9.64 Å². The molecule has 0 N–H and O–H groups in total. The first-order chi connectivity index (χ1) is 16.5. The zero-order chi connectivity index (χ0) is 23.7. The zero-order valence-electron chi connectivity index (χ0n) is 19.5. The summed E-state index contributed by atoms with van der Waals surface area (Å²) < 4.78 is 8.40. The Balaban J connectivity index is 1.36. The molecule has 1 fully saturated rings. The Morgan fingerprint density at radius 2 is 1.74 bits per heavy atom. The fourth-order valence-corrected chi connectivity index (χ4v) is 5.09. The van der Waals surface area contributed by atoms with E-state index in [9.17, 15) is 4.79 Å². The van der Waals surface area contributed by atoms with E-state index in [0.717, 1.165) is 52.4 Å². The zero-order valence-corrected chi connectivity index (χ0v) is 20.3. The molecule has 0 radical (unpaired) electrons. The van der Waals surface area contributed by atoms with Crippen LogP contribution in [0, 0.1) is 13.8 Å². The Labute approximate surface area is 204 Å². The van der Waals surface area contributed by atoms with E-state index in [1.807, 2.05) is 42.5 Å². The lowest BCUT2D eigenvalue weighted by atomic mass is 10.1. The fraction of sp³-hybridized carbons (Fsp3) is 0.286. The van der Waals surface area contributed by atoms with E-state index in [1.165, 1.54) is 0 Å². The van der Waals surface area contributed by atoms with Gasteiger partial charge in [-0.15, -0.1) is 0 Å². The van der Waals surface area contributed by atoms with Crippen LogP contribution in [0.15, 0.2) is 66.7 Å². The van der Waals surface area contributed by atoms with Crippen molar-refractivity contribution < 1.29 is 9.53 Å². The van der Waals surface area contributed by atoms with Crippen molar-refractivity contribution >= 4 is 34.2 Å². The summed E-state index contributed by atoms with van der Waals surface area (Å²) in [5.74, 6) is 2.01. The average Bonchev–Trinajstić information content (AvgIpc) is 3.39. The van der Waals surface area contributed by atoms with E-state index < -0.39 is 0 Å². The summed E-state index contributed by atoms with van der Waals surface area (Å²) in [5, 5.41) is 0.591. The Morgan fingerprint density at radius 1 is 1.00 bits per heavy atom. The molecule has 174 valence electrons. The Bertz CT molecular complexity index is 1330. The van der Waals surface area contributed by atoms with Gasteiger partial charge in [0.1, 0.15) is 11.6 Å². The number of fused-ring (bicyclic) bond motifs is 1. The molecule has 3 aromatic carbocycles. The molecule has 5 nitrogen and oxygen atoms in total. The van der Waals surface area contributed by atoms with Gasteiger partial charge >= 0.3 is 0 Å². The number of carbonyl (C=O) groups excluding carboxylic acids is 1. The SMILES string of the molecule is Cc1cccc(C)c1OCCCn1c([C@@H]2CC(=O)N(c3ccccc3Cl)C2)nc2ccccc21. The maximum Gasteiger partial charge on any atom is 0.227 e. The molecule has 0 spiro atoms. The van der Waals surface area contributed by atoms with Crippen molar-refractivity contribution in [1.29, 1.82) is 0 Å². The van der Waals surface area contributed by atoms with Crippen molar-refractivity contribution in [3.8, 4) is 5.75 Å². The van der Waals surface area contributed by atoms with Gasteiger partial charge in [0.05, 0.1) is 28.4 Å². The number of para-hydroxylation sites is 4. The second kappa shape index (κ2) is 9.51. The van der Waals surface area contributed by atoms with E-state index in [0.29, 0.717) is 24.6 Å². The summed E-state index contributed by atoms with van der Waals surface area (Å²) in [4.78, 5) is 19.7. The normalized spacial score (nSPS) is 15.9. The van der Waals surface area contributed by atoms with Crippen molar-refractivity contribution in [3.05, 3.63) is 88.7 Å². The molecule has 1 atom stereocenters. The minimum Gasteiger partial charge on any atom is -0.493 e. The predicted octanol–water partition coefficient (Wildman–Crippen LogP) is 6.30. The predicted molar refractivity (Wildman–Crippen MR) is 137 cm³/mol. The minimum absolute atomic E-state index is 0.00991. The highest BCUT2D eigenvalue weighted by Crippen LogP contribution is 2.36. The monoisotopic (exact) mass is 473 g/mol. The van der Waals surface area contributed by atoms with Crippen LogP contribution in [-0.2, 0) is 11.3 Å². The number of anilines is 1. The number of ether oxygens (including phenoxy) is 1. The number of carbonyl (C=O) groups is 1. The molecular weight excluding hydrogens is 446 g/mol. The third kappa shape index (κ3) is 4.28. The third-order valence-corrected chi connectivity index (χ3v) is 6.82.